The van der Waals surface area contributed by atoms with Crippen molar-refractivity contribution in [1.29, 1.82) is 0 Å². The van der Waals surface area contributed by atoms with E-state index in [0.29, 0.717) is 5.56 Å². The third-order valence-corrected chi connectivity index (χ3v) is 2.97. The molecular weight excluding hydrogens is 316 g/mol. The predicted molar refractivity (Wildman–Crippen MR) is 84.4 cm³/mol. The van der Waals surface area contributed by atoms with Gasteiger partial charge in [0, 0.05) is 22.6 Å². The van der Waals surface area contributed by atoms with E-state index in [1.807, 2.05) is 60.7 Å². The molecule has 116 valence electrons. The van der Waals surface area contributed by atoms with E-state index in [2.05, 4.69) is 5.92 Å². The Kier molecular flexibility index (Phi) is 6.92. The van der Waals surface area contributed by atoms with Crippen LogP contribution in [0, 0.1) is 12.3 Å². The van der Waals surface area contributed by atoms with Crippen molar-refractivity contribution >= 4 is 5.97 Å². The Morgan fingerprint density at radius 2 is 1.59 bits per heavy atom. The summed E-state index contributed by atoms with van der Waals surface area (Å²) in [6.07, 6.45) is 5.38. The summed E-state index contributed by atoms with van der Waals surface area (Å²) in [5.74, 6) is 1.45. The molecule has 3 aromatic rings. The summed E-state index contributed by atoms with van der Waals surface area (Å²) < 4.78 is 0. The summed E-state index contributed by atoms with van der Waals surface area (Å²) in [7, 11) is 0. The summed E-state index contributed by atoms with van der Waals surface area (Å²) in [6.45, 7) is 0. The number of rotatable bonds is 2. The molecule has 1 N–H and O–H groups in total. The fraction of sp³-hybridized carbons (Fsp3) is 0. The van der Waals surface area contributed by atoms with Gasteiger partial charge in [0.25, 0.3) is 0 Å². The van der Waals surface area contributed by atoms with Gasteiger partial charge < -0.3 is 35.4 Å². The SMILES string of the molecule is C#Cc1c(C(=O)O)cccc1-[c-]1cccc1.[Fe].[cH-]1[cH-][cH-][cH-][cH-]1. The Morgan fingerprint density at radius 3 is 2.05 bits per heavy atom. The normalized spacial score (nSPS) is 8.86. The molecule has 3 rings (SSSR count). The van der Waals surface area contributed by atoms with Crippen LogP contribution in [0.25, 0.3) is 11.1 Å². The van der Waals surface area contributed by atoms with E-state index in [1.165, 1.54) is 6.07 Å². The minimum absolute atomic E-state index is 0. The molecule has 0 saturated heterocycles. The zero-order valence-electron chi connectivity index (χ0n) is 11.7. The van der Waals surface area contributed by atoms with E-state index in [1.54, 1.807) is 6.07 Å². The van der Waals surface area contributed by atoms with Crippen LogP contribution in [0.4, 0.5) is 0 Å². The van der Waals surface area contributed by atoms with Crippen molar-refractivity contribution in [2.75, 3.05) is 0 Å². The molecule has 0 aliphatic carbocycles. The zero-order valence-corrected chi connectivity index (χ0v) is 12.8. The topological polar surface area (TPSA) is 37.3 Å². The maximum Gasteiger partial charge on any atom is 0.329 e. The van der Waals surface area contributed by atoms with Gasteiger partial charge >= 0.3 is 5.97 Å². The molecule has 0 atom stereocenters. The van der Waals surface area contributed by atoms with Gasteiger partial charge in [-0.15, -0.1) is 36.1 Å². The molecule has 0 unspecified atom stereocenters. The molecule has 0 aromatic heterocycles. The van der Waals surface area contributed by atoms with Crippen LogP contribution in [0.3, 0.4) is 0 Å². The van der Waals surface area contributed by atoms with Crippen molar-refractivity contribution in [2.24, 2.45) is 0 Å². The number of carboxylic acids is 1. The van der Waals surface area contributed by atoms with Gasteiger partial charge in [0.1, 0.15) is 0 Å². The van der Waals surface area contributed by atoms with Crippen molar-refractivity contribution in [3.63, 3.8) is 0 Å². The molecule has 0 bridgehead atoms. The zero-order chi connectivity index (χ0) is 15.1. The average molecular weight is 330 g/mol. The maximum absolute atomic E-state index is 11.0. The second-order valence-corrected chi connectivity index (χ2v) is 4.31. The molecule has 0 saturated carbocycles. The van der Waals surface area contributed by atoms with Crippen LogP contribution in [-0.2, 0) is 17.1 Å². The smallest absolute Gasteiger partial charge is 0.329 e. The van der Waals surface area contributed by atoms with E-state index in [0.717, 1.165) is 11.1 Å². The first-order chi connectivity index (χ1) is 10.2. The van der Waals surface area contributed by atoms with Gasteiger partial charge in [-0.3, -0.25) is 0 Å². The second kappa shape index (κ2) is 8.69. The van der Waals surface area contributed by atoms with Crippen molar-refractivity contribution in [1.82, 2.24) is 0 Å². The van der Waals surface area contributed by atoms with E-state index < -0.39 is 5.97 Å². The van der Waals surface area contributed by atoms with Crippen LogP contribution in [0.15, 0.2) is 72.8 Å². The van der Waals surface area contributed by atoms with Crippen molar-refractivity contribution in [3.05, 3.63) is 83.9 Å². The molecule has 0 spiro atoms. The van der Waals surface area contributed by atoms with Crippen LogP contribution in [0.2, 0.25) is 0 Å². The molecule has 0 radical (unpaired) electrons. The van der Waals surface area contributed by atoms with Gasteiger partial charge in [0.05, 0.1) is 0 Å². The van der Waals surface area contributed by atoms with Crippen LogP contribution in [0.1, 0.15) is 15.9 Å². The third-order valence-electron chi connectivity index (χ3n) is 2.97. The van der Waals surface area contributed by atoms with Crippen LogP contribution >= 0.6 is 0 Å². The van der Waals surface area contributed by atoms with Gasteiger partial charge in [-0.1, -0.05) is 17.7 Å². The number of benzene rings is 1. The first kappa shape index (κ1) is 17.5. The fourth-order valence-electron chi connectivity index (χ4n) is 2.00. The Labute approximate surface area is 140 Å². The van der Waals surface area contributed by atoms with Gasteiger partial charge in [-0.2, -0.15) is 12.1 Å². The van der Waals surface area contributed by atoms with E-state index in [-0.39, 0.29) is 22.6 Å². The number of carbonyl (C=O) groups is 1. The molecular formula is C19H14FeO2-6. The number of hydrogen-bond donors (Lipinski definition) is 1. The fourth-order valence-corrected chi connectivity index (χ4v) is 2.00. The Morgan fingerprint density at radius 1 is 1.05 bits per heavy atom. The van der Waals surface area contributed by atoms with Gasteiger partial charge in [-0.05, 0) is 5.56 Å². The quantitative estimate of drug-likeness (QED) is 0.435. The molecule has 0 fully saturated rings. The molecule has 0 aliphatic heterocycles. The molecule has 0 amide bonds. The third kappa shape index (κ3) is 4.23. The number of carboxylic acid groups (broad SMARTS) is 1. The van der Waals surface area contributed by atoms with Crippen LogP contribution in [-0.4, -0.2) is 11.1 Å². The monoisotopic (exact) mass is 330 g/mol. The number of aromatic carboxylic acids is 1. The van der Waals surface area contributed by atoms with Crippen LogP contribution < -0.4 is 0 Å². The second-order valence-electron chi connectivity index (χ2n) is 4.31. The summed E-state index contributed by atoms with van der Waals surface area (Å²) in [4.78, 5) is 11.0. The molecule has 2 nitrogen and oxygen atoms in total. The summed E-state index contributed by atoms with van der Waals surface area (Å²) in [5, 5.41) is 9.02. The van der Waals surface area contributed by atoms with Crippen LogP contribution in [0.5, 0.6) is 0 Å². The summed E-state index contributed by atoms with van der Waals surface area (Å²) in [6, 6.07) is 22.6. The van der Waals surface area contributed by atoms with E-state index in [9.17, 15) is 4.79 Å². The molecule has 3 heteroatoms. The Hall–Kier alpha value is -2.53. The standard InChI is InChI=1S/C14H9O2.C5H5.Fe/c1-2-11-12(10-6-3-4-7-10)8-5-9-13(11)14(15)16;1-2-4-5-3-1;/h1,3-9H,(H,15,16);1-5H;/q-1;-5;. The number of hydrogen-bond acceptors (Lipinski definition) is 1. The van der Waals surface area contributed by atoms with Crippen molar-refractivity contribution in [3.8, 4) is 23.5 Å². The Bertz CT molecular complexity index is 715. The predicted octanol–water partition coefficient (Wildman–Crippen LogP) is 4.16. The van der Waals surface area contributed by atoms with Crippen molar-refractivity contribution < 1.29 is 27.0 Å². The van der Waals surface area contributed by atoms with Gasteiger partial charge in [0.2, 0.25) is 0 Å². The van der Waals surface area contributed by atoms with Crippen molar-refractivity contribution in [2.45, 2.75) is 0 Å². The minimum Gasteiger partial charge on any atom is -0.748 e. The minimum atomic E-state index is -0.999. The molecule has 22 heavy (non-hydrogen) atoms. The van der Waals surface area contributed by atoms with E-state index >= 15 is 0 Å². The van der Waals surface area contributed by atoms with E-state index in [4.69, 9.17) is 11.5 Å². The molecule has 0 heterocycles. The average Bonchev–Trinajstić information content (AvgIpc) is 3.21. The largest absolute Gasteiger partial charge is 0.748 e. The van der Waals surface area contributed by atoms with Gasteiger partial charge in [0.15, 0.2) is 0 Å². The Balaban J connectivity index is 0.000000344. The number of terminal acetylenes is 1. The first-order valence-corrected chi connectivity index (χ1v) is 6.45. The summed E-state index contributed by atoms with van der Waals surface area (Å²) in [5.41, 5.74) is 2.32. The maximum atomic E-state index is 11.0. The summed E-state index contributed by atoms with van der Waals surface area (Å²) >= 11 is 0. The first-order valence-electron chi connectivity index (χ1n) is 6.45. The van der Waals surface area contributed by atoms with Gasteiger partial charge in [-0.25, -0.2) is 4.79 Å². The molecule has 0 aliphatic rings. The molecule has 3 aromatic carbocycles.